The first kappa shape index (κ1) is 32.4. The molecule has 0 aromatic carbocycles. The van der Waals surface area contributed by atoms with Crippen LogP contribution >= 0.6 is 0 Å². The average Bonchev–Trinajstić information content (AvgIpc) is 1.25. The van der Waals surface area contributed by atoms with E-state index in [9.17, 15) is 0 Å². The Labute approximate surface area is 74.8 Å². The molecule has 0 aliphatic carbocycles. The molecule has 0 saturated heterocycles. The Morgan fingerprint density at radius 2 is 0.909 bits per heavy atom. The molecule has 0 unspecified atom stereocenters. The van der Waals surface area contributed by atoms with E-state index in [1.165, 1.54) is 0 Å². The molecule has 0 saturated carbocycles. The summed E-state index contributed by atoms with van der Waals surface area (Å²) >= 11 is 0. The van der Waals surface area contributed by atoms with Crippen molar-refractivity contribution in [1.82, 2.24) is 0 Å². The minimum atomic E-state index is -1.50. The van der Waals surface area contributed by atoms with E-state index in [1.807, 2.05) is 0 Å². The van der Waals surface area contributed by atoms with E-state index in [2.05, 4.69) is 0 Å². The molecule has 0 radical (unpaired) electrons. The van der Waals surface area contributed by atoms with Gasteiger partial charge in [0.1, 0.15) is 0 Å². The van der Waals surface area contributed by atoms with Crippen molar-refractivity contribution < 1.29 is 41.7 Å². The van der Waals surface area contributed by atoms with Gasteiger partial charge in [-0.05, 0) is 0 Å². The fourth-order valence-corrected chi connectivity index (χ4v) is 0. The third-order valence-corrected chi connectivity index (χ3v) is 0. The van der Waals surface area contributed by atoms with Crippen LogP contribution in [0.5, 0.6) is 0 Å². The van der Waals surface area contributed by atoms with E-state index in [1.54, 1.807) is 0 Å². The molecule has 0 heterocycles. The van der Waals surface area contributed by atoms with E-state index in [-0.39, 0.29) is 33.4 Å². The Morgan fingerprint density at radius 1 is 0.909 bits per heavy atom. The molecule has 0 fully saturated rings. The largest absolute Gasteiger partial charge is 2.00 e. The zero-order valence-electron chi connectivity index (χ0n) is 4.89. The molecule has 0 aliphatic heterocycles. The summed E-state index contributed by atoms with van der Waals surface area (Å²) in [6.07, 6.45) is 0. The number of rotatable bonds is 0. The Bertz CT molecular complexity index is 72.6. The first-order chi connectivity index (χ1) is 3.46. The normalized spacial score (nSPS) is 4.36. The minimum Gasteiger partial charge on any atom is -0.693 e. The third-order valence-electron chi connectivity index (χ3n) is 0. The maximum absolute atomic E-state index is 8.36. The van der Waals surface area contributed by atoms with Crippen molar-refractivity contribution in [2.24, 2.45) is 0 Å². The van der Waals surface area contributed by atoms with Gasteiger partial charge in [-0.1, -0.05) is 0 Å². The molecule has 72 valence electrons. The van der Waals surface area contributed by atoms with Crippen LogP contribution in [-0.4, -0.2) is 20.6 Å². The van der Waals surface area contributed by atoms with Crippen molar-refractivity contribution in [1.29, 1.82) is 0 Å². The topological polar surface area (TPSA) is 194 Å². The van der Waals surface area contributed by atoms with Gasteiger partial charge in [0.05, 0.1) is 0 Å². The predicted octanol–water partition coefficient (Wildman–Crippen LogP) is 0.736. The van der Waals surface area contributed by atoms with Gasteiger partial charge in [-0.15, -0.1) is 20.2 Å². The van der Waals surface area contributed by atoms with Crippen LogP contribution in [0.3, 0.4) is 0 Å². The minimum absolute atomic E-state index is 0. The Kier molecular flexibility index (Phi) is 67.8. The number of hydrogen-bond acceptors (Lipinski definition) is 4. The van der Waals surface area contributed by atoms with E-state index in [0.29, 0.717) is 0 Å². The van der Waals surface area contributed by atoms with Gasteiger partial charge >= 0.3 is 21.1 Å². The summed E-state index contributed by atoms with van der Waals surface area (Å²) < 4.78 is 0. The van der Waals surface area contributed by atoms with Gasteiger partial charge in [0, 0.05) is 0 Å². The molecule has 6 N–H and O–H groups in total. The smallest absolute Gasteiger partial charge is 0.693 e. The molecule has 0 aromatic heterocycles. The molecule has 10 nitrogen and oxygen atoms in total. The van der Waals surface area contributed by atoms with Gasteiger partial charge in [-0.2, -0.15) is 0 Å². The maximum Gasteiger partial charge on any atom is 2.00 e. The van der Waals surface area contributed by atoms with Gasteiger partial charge < -0.3 is 22.7 Å². The van der Waals surface area contributed by atoms with Crippen molar-refractivity contribution in [3.05, 3.63) is 32.5 Å². The molecule has 0 bridgehead atoms. The SMILES string of the molecule is O=[N+]([O-])O.O=[N+]([O-])O.[NH2-].[NH2-].[Pt+2]. The van der Waals surface area contributed by atoms with Crippen LogP contribution in [0.15, 0.2) is 0 Å². The molecule has 11 heavy (non-hydrogen) atoms. The fourth-order valence-electron chi connectivity index (χ4n) is 0. The van der Waals surface area contributed by atoms with E-state index >= 15 is 0 Å². The molecule has 0 rings (SSSR count). The average molecular weight is 353 g/mol. The van der Waals surface area contributed by atoms with Crippen molar-refractivity contribution in [2.75, 3.05) is 0 Å². The predicted molar refractivity (Wildman–Crippen MR) is 28.1 cm³/mol. The quantitative estimate of drug-likeness (QED) is 0.476. The zero-order valence-corrected chi connectivity index (χ0v) is 7.16. The Balaban J connectivity index is -0.0000000171. The Hall–Kier alpha value is -0.992. The maximum atomic E-state index is 8.36. The zero-order chi connectivity index (χ0) is 7.15. The monoisotopic (exact) mass is 353 g/mol. The molecule has 0 atom stereocenters. The van der Waals surface area contributed by atoms with Crippen LogP contribution < -0.4 is 0 Å². The van der Waals surface area contributed by atoms with Crippen molar-refractivity contribution in [3.8, 4) is 0 Å². The van der Waals surface area contributed by atoms with Crippen molar-refractivity contribution >= 4 is 0 Å². The second kappa shape index (κ2) is 23.0. The fraction of sp³-hybridized carbons (Fsp3) is 0. The van der Waals surface area contributed by atoms with E-state index < -0.39 is 10.2 Å². The first-order valence-corrected chi connectivity index (χ1v) is 1.13. The number of hydrogen-bond donors (Lipinski definition) is 2. The molecular formula is H6N4O6Pt. The summed E-state index contributed by atoms with van der Waals surface area (Å²) in [7, 11) is 0. The van der Waals surface area contributed by atoms with Crippen molar-refractivity contribution in [2.45, 2.75) is 0 Å². The molecule has 0 amide bonds. The van der Waals surface area contributed by atoms with Gasteiger partial charge in [0.15, 0.2) is 0 Å². The number of nitrogens with zero attached hydrogens (tertiary/aromatic N) is 2. The third kappa shape index (κ3) is 450. The second-order valence-electron chi connectivity index (χ2n) is 0.476. The van der Waals surface area contributed by atoms with E-state index in [0.717, 1.165) is 0 Å². The molecule has 11 heteroatoms. The standard InChI is InChI=1S/2HNO3.2H2N.Pt/c2*2-1(3)4;;;/h2*(H,2,3,4);2*1H2;/q;;2*-1;+2. The van der Waals surface area contributed by atoms with Crippen LogP contribution in [0, 0.1) is 20.2 Å². The van der Waals surface area contributed by atoms with Crippen LogP contribution in [0.2, 0.25) is 0 Å². The molecule has 0 aromatic rings. The van der Waals surface area contributed by atoms with Gasteiger partial charge in [-0.25, -0.2) is 0 Å². The first-order valence-electron chi connectivity index (χ1n) is 1.13. The summed E-state index contributed by atoms with van der Waals surface area (Å²) in [6, 6.07) is 0. The Morgan fingerprint density at radius 3 is 0.909 bits per heavy atom. The summed E-state index contributed by atoms with van der Waals surface area (Å²) in [5.41, 5.74) is 0. The molecule has 0 aliphatic rings. The molecule has 0 spiro atoms. The summed E-state index contributed by atoms with van der Waals surface area (Å²) in [5, 5.41) is 27.3. The molecular weight excluding hydrogens is 347 g/mol. The number of nitrogens with two attached hydrogens (primary N) is 2. The van der Waals surface area contributed by atoms with Crippen LogP contribution in [0.4, 0.5) is 0 Å². The van der Waals surface area contributed by atoms with Gasteiger partial charge in [-0.3, -0.25) is 0 Å². The van der Waals surface area contributed by atoms with Gasteiger partial charge in [0.25, 0.3) is 10.2 Å². The summed E-state index contributed by atoms with van der Waals surface area (Å²) in [4.78, 5) is 16.7. The van der Waals surface area contributed by atoms with Crippen LogP contribution in [0.25, 0.3) is 12.3 Å². The van der Waals surface area contributed by atoms with Crippen LogP contribution in [0.1, 0.15) is 0 Å². The van der Waals surface area contributed by atoms with E-state index in [4.69, 9.17) is 30.6 Å². The van der Waals surface area contributed by atoms with Gasteiger partial charge in [0.2, 0.25) is 0 Å². The van der Waals surface area contributed by atoms with Crippen LogP contribution in [-0.2, 0) is 21.1 Å². The second-order valence-corrected chi connectivity index (χ2v) is 0.476. The van der Waals surface area contributed by atoms with Crippen molar-refractivity contribution in [3.63, 3.8) is 0 Å². The summed E-state index contributed by atoms with van der Waals surface area (Å²) in [6.45, 7) is 0. The summed E-state index contributed by atoms with van der Waals surface area (Å²) in [5.74, 6) is 0.